The summed E-state index contributed by atoms with van der Waals surface area (Å²) >= 11 is 0. The number of carbonyl (C=O) groups excluding carboxylic acids is 1. The second-order valence-corrected chi connectivity index (χ2v) is 3.01. The van der Waals surface area contributed by atoms with Crippen LogP contribution in [0.3, 0.4) is 0 Å². The van der Waals surface area contributed by atoms with Crippen molar-refractivity contribution in [3.8, 4) is 6.07 Å². The second kappa shape index (κ2) is 4.28. The highest BCUT2D eigenvalue weighted by molar-refractivity contribution is 6.03. The van der Waals surface area contributed by atoms with E-state index in [1.54, 1.807) is 18.2 Å². The van der Waals surface area contributed by atoms with Crippen LogP contribution in [-0.2, 0) is 0 Å². The van der Waals surface area contributed by atoms with Crippen molar-refractivity contribution < 1.29 is 9.21 Å². The normalized spacial score (nSPS) is 9.44. The van der Waals surface area contributed by atoms with Gasteiger partial charge in [-0.1, -0.05) is 0 Å². The molecule has 2 rings (SSSR count). The van der Waals surface area contributed by atoms with Gasteiger partial charge in [0.15, 0.2) is 0 Å². The van der Waals surface area contributed by atoms with E-state index >= 15 is 0 Å². The summed E-state index contributed by atoms with van der Waals surface area (Å²) in [5, 5.41) is 11.1. The molecule has 5 nitrogen and oxygen atoms in total. The molecule has 0 saturated carbocycles. The van der Waals surface area contributed by atoms with Gasteiger partial charge in [-0.3, -0.25) is 4.79 Å². The molecule has 16 heavy (non-hydrogen) atoms. The zero-order chi connectivity index (χ0) is 11.4. The summed E-state index contributed by atoms with van der Waals surface area (Å²) in [6.07, 6.45) is 4.16. The maximum Gasteiger partial charge on any atom is 0.260 e. The fourth-order valence-electron chi connectivity index (χ4n) is 1.12. The summed E-state index contributed by atoms with van der Waals surface area (Å²) in [6.45, 7) is 0. The van der Waals surface area contributed by atoms with Crippen molar-refractivity contribution >= 4 is 11.7 Å². The maximum atomic E-state index is 11.6. The van der Waals surface area contributed by atoms with E-state index in [-0.39, 0.29) is 5.91 Å². The molecular formula is C11H7N3O2. The van der Waals surface area contributed by atoms with Crippen LogP contribution in [0.2, 0.25) is 0 Å². The molecule has 0 fully saturated rings. The number of hydrogen-bond donors (Lipinski definition) is 1. The van der Waals surface area contributed by atoms with Crippen molar-refractivity contribution in [1.29, 1.82) is 5.26 Å². The molecule has 0 aliphatic carbocycles. The van der Waals surface area contributed by atoms with Crippen molar-refractivity contribution in [3.63, 3.8) is 0 Å². The van der Waals surface area contributed by atoms with Gasteiger partial charge in [-0.25, -0.2) is 4.98 Å². The Morgan fingerprint density at radius 3 is 2.88 bits per heavy atom. The third kappa shape index (κ3) is 2.07. The SMILES string of the molecule is N#Cc1ccc(NC(=O)c2ccoc2)nc1. The topological polar surface area (TPSA) is 78.9 Å². The van der Waals surface area contributed by atoms with Crippen molar-refractivity contribution in [1.82, 2.24) is 4.98 Å². The Balaban J connectivity index is 2.10. The van der Waals surface area contributed by atoms with Crippen LogP contribution in [0.5, 0.6) is 0 Å². The standard InChI is InChI=1S/C11H7N3O2/c12-5-8-1-2-10(13-6-8)14-11(15)9-3-4-16-7-9/h1-4,6-7H,(H,13,14,15). The van der Waals surface area contributed by atoms with E-state index < -0.39 is 0 Å². The molecule has 2 heterocycles. The molecule has 0 bridgehead atoms. The minimum atomic E-state index is -0.300. The molecule has 5 heteroatoms. The molecule has 0 atom stereocenters. The summed E-state index contributed by atoms with van der Waals surface area (Å²) in [7, 11) is 0. The molecule has 1 N–H and O–H groups in total. The summed E-state index contributed by atoms with van der Waals surface area (Å²) in [5.74, 6) is 0.0937. The minimum absolute atomic E-state index is 0.300. The predicted octanol–water partition coefficient (Wildman–Crippen LogP) is 1.80. The van der Waals surface area contributed by atoms with Crippen molar-refractivity contribution in [2.45, 2.75) is 0 Å². The second-order valence-electron chi connectivity index (χ2n) is 3.01. The van der Waals surface area contributed by atoms with Crippen LogP contribution < -0.4 is 5.32 Å². The highest BCUT2D eigenvalue weighted by Gasteiger charge is 2.07. The fourth-order valence-corrected chi connectivity index (χ4v) is 1.12. The van der Waals surface area contributed by atoms with E-state index in [4.69, 9.17) is 9.68 Å². The first kappa shape index (κ1) is 9.93. The Hall–Kier alpha value is -2.61. The number of anilines is 1. The third-order valence-electron chi connectivity index (χ3n) is 1.92. The molecule has 1 amide bonds. The van der Waals surface area contributed by atoms with E-state index in [2.05, 4.69) is 10.3 Å². The van der Waals surface area contributed by atoms with Gasteiger partial charge in [-0.2, -0.15) is 5.26 Å². The Morgan fingerprint density at radius 1 is 1.44 bits per heavy atom. The lowest BCUT2D eigenvalue weighted by Gasteiger charge is -2.01. The summed E-state index contributed by atoms with van der Waals surface area (Å²) in [6, 6.07) is 6.65. The summed E-state index contributed by atoms with van der Waals surface area (Å²) in [5.41, 5.74) is 0.868. The van der Waals surface area contributed by atoms with E-state index in [1.807, 2.05) is 6.07 Å². The van der Waals surface area contributed by atoms with Crippen molar-refractivity contribution in [2.75, 3.05) is 5.32 Å². The zero-order valence-electron chi connectivity index (χ0n) is 8.18. The van der Waals surface area contributed by atoms with E-state index in [9.17, 15) is 4.79 Å². The Bertz CT molecular complexity index is 523. The third-order valence-corrected chi connectivity index (χ3v) is 1.92. The van der Waals surface area contributed by atoms with Gasteiger partial charge in [0.05, 0.1) is 17.4 Å². The Morgan fingerprint density at radius 2 is 2.31 bits per heavy atom. The molecule has 0 spiro atoms. The van der Waals surface area contributed by atoms with Crippen LogP contribution in [0.25, 0.3) is 0 Å². The average molecular weight is 213 g/mol. The maximum absolute atomic E-state index is 11.6. The lowest BCUT2D eigenvalue weighted by molar-refractivity contribution is 0.102. The molecular weight excluding hydrogens is 206 g/mol. The lowest BCUT2D eigenvalue weighted by atomic mass is 10.3. The molecule has 78 valence electrons. The first-order chi connectivity index (χ1) is 7.79. The predicted molar refractivity (Wildman–Crippen MR) is 55.6 cm³/mol. The van der Waals surface area contributed by atoms with Crippen LogP contribution in [0, 0.1) is 11.3 Å². The minimum Gasteiger partial charge on any atom is -0.472 e. The van der Waals surface area contributed by atoms with E-state index in [0.717, 1.165) is 0 Å². The van der Waals surface area contributed by atoms with Gasteiger partial charge in [-0.15, -0.1) is 0 Å². The molecule has 0 unspecified atom stereocenters. The fraction of sp³-hybridized carbons (Fsp3) is 0. The van der Waals surface area contributed by atoms with Crippen LogP contribution in [0.4, 0.5) is 5.82 Å². The smallest absolute Gasteiger partial charge is 0.260 e. The zero-order valence-corrected chi connectivity index (χ0v) is 8.18. The highest BCUT2D eigenvalue weighted by atomic mass is 16.3. The molecule has 0 saturated heterocycles. The van der Waals surface area contributed by atoms with Gasteiger partial charge in [0, 0.05) is 6.20 Å². The summed E-state index contributed by atoms with van der Waals surface area (Å²) < 4.78 is 4.79. The number of rotatable bonds is 2. The number of carbonyl (C=O) groups is 1. The number of nitrogens with zero attached hydrogens (tertiary/aromatic N) is 2. The lowest BCUT2D eigenvalue weighted by Crippen LogP contribution is -2.11. The first-order valence-corrected chi connectivity index (χ1v) is 4.49. The number of pyridine rings is 1. The number of aromatic nitrogens is 1. The van der Waals surface area contributed by atoms with Gasteiger partial charge in [0.1, 0.15) is 18.2 Å². The summed E-state index contributed by atoms with van der Waals surface area (Å²) in [4.78, 5) is 15.5. The quantitative estimate of drug-likeness (QED) is 0.824. The van der Waals surface area contributed by atoms with Crippen LogP contribution in [0.15, 0.2) is 41.3 Å². The molecule has 2 aromatic rings. The number of nitrogens with one attached hydrogen (secondary N) is 1. The number of amides is 1. The van der Waals surface area contributed by atoms with Crippen molar-refractivity contribution in [2.24, 2.45) is 0 Å². The first-order valence-electron chi connectivity index (χ1n) is 4.49. The molecule has 0 aliphatic heterocycles. The van der Waals surface area contributed by atoms with Gasteiger partial charge >= 0.3 is 0 Å². The molecule has 0 aromatic carbocycles. The number of hydrogen-bond acceptors (Lipinski definition) is 4. The van der Waals surface area contributed by atoms with E-state index in [0.29, 0.717) is 16.9 Å². The molecule has 2 aromatic heterocycles. The highest BCUT2D eigenvalue weighted by Crippen LogP contribution is 2.07. The average Bonchev–Trinajstić information content (AvgIpc) is 2.83. The van der Waals surface area contributed by atoms with Crippen LogP contribution in [0.1, 0.15) is 15.9 Å². The van der Waals surface area contributed by atoms with Gasteiger partial charge in [0.25, 0.3) is 5.91 Å². The van der Waals surface area contributed by atoms with Crippen LogP contribution in [-0.4, -0.2) is 10.9 Å². The van der Waals surface area contributed by atoms with Gasteiger partial charge in [-0.05, 0) is 18.2 Å². The Kier molecular flexibility index (Phi) is 2.65. The largest absolute Gasteiger partial charge is 0.472 e. The number of nitriles is 1. The molecule has 0 radical (unpaired) electrons. The van der Waals surface area contributed by atoms with Gasteiger partial charge < -0.3 is 9.73 Å². The van der Waals surface area contributed by atoms with Gasteiger partial charge in [0.2, 0.25) is 0 Å². The monoisotopic (exact) mass is 213 g/mol. The Labute approximate surface area is 91.3 Å². The number of furan rings is 1. The van der Waals surface area contributed by atoms with Crippen molar-refractivity contribution in [3.05, 3.63) is 48.0 Å². The van der Waals surface area contributed by atoms with Crippen LogP contribution >= 0.6 is 0 Å². The molecule has 0 aliphatic rings. The van der Waals surface area contributed by atoms with E-state index in [1.165, 1.54) is 18.7 Å².